The van der Waals surface area contributed by atoms with Gasteiger partial charge in [0.1, 0.15) is 0 Å². The molecule has 2 aromatic rings. The SMILES string of the molecule is Cc1cc(CCNC(=O)NCCc2ccccc2)nn1C. The predicted molar refractivity (Wildman–Crippen MR) is 83.2 cm³/mol. The van der Waals surface area contributed by atoms with E-state index in [0.717, 1.165) is 24.2 Å². The second-order valence-corrected chi connectivity index (χ2v) is 5.07. The zero-order valence-electron chi connectivity index (χ0n) is 12.6. The van der Waals surface area contributed by atoms with Crippen LogP contribution in [0.5, 0.6) is 0 Å². The van der Waals surface area contributed by atoms with Crippen LogP contribution in [0.15, 0.2) is 36.4 Å². The van der Waals surface area contributed by atoms with Gasteiger partial charge in [0.2, 0.25) is 0 Å². The van der Waals surface area contributed by atoms with Crippen molar-refractivity contribution in [2.75, 3.05) is 13.1 Å². The zero-order valence-corrected chi connectivity index (χ0v) is 12.6. The highest BCUT2D eigenvalue weighted by Crippen LogP contribution is 2.01. The fourth-order valence-electron chi connectivity index (χ4n) is 2.09. The van der Waals surface area contributed by atoms with Crippen molar-refractivity contribution in [1.29, 1.82) is 0 Å². The molecule has 1 heterocycles. The van der Waals surface area contributed by atoms with Crippen LogP contribution < -0.4 is 10.6 Å². The number of aryl methyl sites for hydroxylation is 2. The maximum absolute atomic E-state index is 11.6. The minimum Gasteiger partial charge on any atom is -0.338 e. The molecule has 112 valence electrons. The van der Waals surface area contributed by atoms with Gasteiger partial charge in [-0.15, -0.1) is 0 Å². The molecule has 1 aromatic carbocycles. The van der Waals surface area contributed by atoms with E-state index in [9.17, 15) is 4.79 Å². The van der Waals surface area contributed by atoms with Crippen molar-refractivity contribution in [2.45, 2.75) is 19.8 Å². The predicted octanol–water partition coefficient (Wildman–Crippen LogP) is 1.81. The number of benzene rings is 1. The average Bonchev–Trinajstić information content (AvgIpc) is 2.79. The van der Waals surface area contributed by atoms with Gasteiger partial charge in [-0.25, -0.2) is 4.79 Å². The summed E-state index contributed by atoms with van der Waals surface area (Å²) < 4.78 is 1.84. The van der Waals surface area contributed by atoms with Crippen LogP contribution in [-0.2, 0) is 19.9 Å². The maximum atomic E-state index is 11.6. The molecule has 5 nitrogen and oxygen atoms in total. The van der Waals surface area contributed by atoms with Gasteiger partial charge in [0, 0.05) is 32.3 Å². The number of carbonyl (C=O) groups is 1. The molecule has 0 spiro atoms. The fraction of sp³-hybridized carbons (Fsp3) is 0.375. The van der Waals surface area contributed by atoms with Gasteiger partial charge in [-0.2, -0.15) is 5.10 Å². The van der Waals surface area contributed by atoms with Crippen LogP contribution in [0.1, 0.15) is 17.0 Å². The number of nitrogens with one attached hydrogen (secondary N) is 2. The van der Waals surface area contributed by atoms with Crippen LogP contribution in [0.25, 0.3) is 0 Å². The van der Waals surface area contributed by atoms with Crippen molar-refractivity contribution in [3.05, 3.63) is 53.3 Å². The Balaban J connectivity index is 1.61. The summed E-state index contributed by atoms with van der Waals surface area (Å²) >= 11 is 0. The number of amides is 2. The van der Waals surface area contributed by atoms with Gasteiger partial charge < -0.3 is 10.6 Å². The summed E-state index contributed by atoms with van der Waals surface area (Å²) in [5, 5.41) is 10.1. The third-order valence-electron chi connectivity index (χ3n) is 3.37. The molecule has 0 atom stereocenters. The molecular weight excluding hydrogens is 264 g/mol. The summed E-state index contributed by atoms with van der Waals surface area (Å²) in [6.07, 6.45) is 1.58. The third kappa shape index (κ3) is 4.95. The lowest BCUT2D eigenvalue weighted by Gasteiger charge is -2.07. The normalized spacial score (nSPS) is 10.4. The highest BCUT2D eigenvalue weighted by molar-refractivity contribution is 5.73. The molecule has 0 unspecified atom stereocenters. The van der Waals surface area contributed by atoms with Crippen molar-refractivity contribution in [3.8, 4) is 0 Å². The first-order valence-corrected chi connectivity index (χ1v) is 7.20. The Bertz CT molecular complexity index is 558. The van der Waals surface area contributed by atoms with Crippen LogP contribution in [0, 0.1) is 6.92 Å². The molecule has 0 radical (unpaired) electrons. The van der Waals surface area contributed by atoms with Crippen LogP contribution >= 0.6 is 0 Å². The number of carbonyl (C=O) groups excluding carboxylic acids is 1. The molecule has 0 bridgehead atoms. The van der Waals surface area contributed by atoms with E-state index in [1.807, 2.05) is 42.9 Å². The summed E-state index contributed by atoms with van der Waals surface area (Å²) in [5.74, 6) is 0. The molecule has 0 saturated carbocycles. The molecule has 0 saturated heterocycles. The Kier molecular flexibility index (Phi) is 5.37. The minimum atomic E-state index is -0.126. The number of nitrogens with zero attached hydrogens (tertiary/aromatic N) is 2. The first-order chi connectivity index (χ1) is 10.1. The lowest BCUT2D eigenvalue weighted by Crippen LogP contribution is -2.37. The number of rotatable bonds is 6. The number of hydrogen-bond acceptors (Lipinski definition) is 2. The van der Waals surface area contributed by atoms with E-state index in [4.69, 9.17) is 0 Å². The molecule has 2 rings (SSSR count). The Hall–Kier alpha value is -2.30. The second-order valence-electron chi connectivity index (χ2n) is 5.07. The van der Waals surface area contributed by atoms with Gasteiger partial charge in [-0.3, -0.25) is 4.68 Å². The molecule has 0 aliphatic carbocycles. The first kappa shape index (κ1) is 15.1. The van der Waals surface area contributed by atoms with E-state index in [1.54, 1.807) is 0 Å². The molecule has 0 aliphatic heterocycles. The van der Waals surface area contributed by atoms with E-state index >= 15 is 0 Å². The van der Waals surface area contributed by atoms with E-state index in [2.05, 4.69) is 27.9 Å². The zero-order chi connectivity index (χ0) is 15.1. The molecule has 0 fully saturated rings. The van der Waals surface area contributed by atoms with Crippen LogP contribution in [0.3, 0.4) is 0 Å². The smallest absolute Gasteiger partial charge is 0.314 e. The molecule has 2 amide bonds. The maximum Gasteiger partial charge on any atom is 0.314 e. The monoisotopic (exact) mass is 286 g/mol. The quantitative estimate of drug-likeness (QED) is 0.851. The van der Waals surface area contributed by atoms with Gasteiger partial charge in [-0.1, -0.05) is 30.3 Å². The van der Waals surface area contributed by atoms with Crippen molar-refractivity contribution < 1.29 is 4.79 Å². The number of urea groups is 1. The number of hydrogen-bond donors (Lipinski definition) is 2. The van der Waals surface area contributed by atoms with E-state index in [0.29, 0.717) is 13.1 Å². The van der Waals surface area contributed by atoms with Gasteiger partial charge in [0.05, 0.1) is 5.69 Å². The van der Waals surface area contributed by atoms with Gasteiger partial charge in [0.25, 0.3) is 0 Å². The standard InChI is InChI=1S/C16H22N4O/c1-13-12-15(19-20(13)2)9-11-18-16(21)17-10-8-14-6-4-3-5-7-14/h3-7,12H,8-11H2,1-2H3,(H2,17,18,21). The van der Waals surface area contributed by atoms with Gasteiger partial charge in [0.15, 0.2) is 0 Å². The molecule has 2 N–H and O–H groups in total. The first-order valence-electron chi connectivity index (χ1n) is 7.20. The molecule has 21 heavy (non-hydrogen) atoms. The summed E-state index contributed by atoms with van der Waals surface area (Å²) in [5.41, 5.74) is 3.35. The molecular formula is C16H22N4O. The van der Waals surface area contributed by atoms with Gasteiger partial charge >= 0.3 is 6.03 Å². The third-order valence-corrected chi connectivity index (χ3v) is 3.37. The van der Waals surface area contributed by atoms with E-state index in [-0.39, 0.29) is 6.03 Å². The summed E-state index contributed by atoms with van der Waals surface area (Å²) in [4.78, 5) is 11.6. The highest BCUT2D eigenvalue weighted by Gasteiger charge is 2.03. The largest absolute Gasteiger partial charge is 0.338 e. The number of aromatic nitrogens is 2. The lowest BCUT2D eigenvalue weighted by atomic mass is 10.1. The Morgan fingerprint density at radius 1 is 1.14 bits per heavy atom. The highest BCUT2D eigenvalue weighted by atomic mass is 16.2. The molecule has 0 aliphatic rings. The van der Waals surface area contributed by atoms with E-state index < -0.39 is 0 Å². The van der Waals surface area contributed by atoms with Crippen molar-refractivity contribution in [1.82, 2.24) is 20.4 Å². The van der Waals surface area contributed by atoms with Crippen LogP contribution in [0.2, 0.25) is 0 Å². The Labute approximate surface area is 125 Å². The van der Waals surface area contributed by atoms with Crippen molar-refractivity contribution in [3.63, 3.8) is 0 Å². The van der Waals surface area contributed by atoms with Crippen LogP contribution in [0.4, 0.5) is 4.79 Å². The summed E-state index contributed by atoms with van der Waals surface area (Å²) in [6.45, 7) is 3.24. The summed E-state index contributed by atoms with van der Waals surface area (Å²) in [6, 6.07) is 12.0. The van der Waals surface area contributed by atoms with E-state index in [1.165, 1.54) is 5.56 Å². The lowest BCUT2D eigenvalue weighted by molar-refractivity contribution is 0.241. The van der Waals surface area contributed by atoms with Crippen LogP contribution in [-0.4, -0.2) is 28.9 Å². The van der Waals surface area contributed by atoms with Crippen molar-refractivity contribution in [2.24, 2.45) is 7.05 Å². The topological polar surface area (TPSA) is 59.0 Å². The molecule has 1 aromatic heterocycles. The van der Waals surface area contributed by atoms with Gasteiger partial charge in [-0.05, 0) is 25.0 Å². The fourth-order valence-corrected chi connectivity index (χ4v) is 2.09. The average molecular weight is 286 g/mol. The Morgan fingerprint density at radius 2 is 1.81 bits per heavy atom. The van der Waals surface area contributed by atoms with Crippen molar-refractivity contribution >= 4 is 6.03 Å². The summed E-state index contributed by atoms with van der Waals surface area (Å²) in [7, 11) is 1.92. The molecule has 5 heteroatoms. The Morgan fingerprint density at radius 3 is 2.43 bits per heavy atom. The second kappa shape index (κ2) is 7.47. The minimum absolute atomic E-state index is 0.126.